The van der Waals surface area contributed by atoms with Crippen molar-refractivity contribution < 1.29 is 29.4 Å². The number of aliphatic hydroxyl groups is 1. The molecule has 3 amide bonds. The van der Waals surface area contributed by atoms with E-state index in [0.29, 0.717) is 13.0 Å². The number of benzene rings is 1. The average molecular weight is 508 g/mol. The van der Waals surface area contributed by atoms with Crippen LogP contribution in [0.25, 0.3) is 0 Å². The van der Waals surface area contributed by atoms with Crippen molar-refractivity contribution in [1.29, 1.82) is 0 Å². The molecule has 0 radical (unpaired) electrons. The van der Waals surface area contributed by atoms with Gasteiger partial charge in [-0.25, -0.2) is 4.79 Å². The van der Waals surface area contributed by atoms with Gasteiger partial charge in [-0.2, -0.15) is 0 Å². The maximum Gasteiger partial charge on any atom is 0.328 e. The Morgan fingerprint density at radius 2 is 1.56 bits per heavy atom. The van der Waals surface area contributed by atoms with Gasteiger partial charge in [0.2, 0.25) is 17.7 Å². The maximum atomic E-state index is 13.2. The van der Waals surface area contributed by atoms with Gasteiger partial charge in [0.15, 0.2) is 5.96 Å². The molecular weight excluding hydrogens is 470 g/mol. The molecule has 36 heavy (non-hydrogen) atoms. The SMILES string of the molecule is CC(C)C(NC(=O)C(Cc1ccccc1)NC(=O)C(N)CCCN=C(N)N)C(=O)NC(CO)C(=O)O. The van der Waals surface area contributed by atoms with E-state index in [4.69, 9.17) is 22.3 Å². The molecule has 0 spiro atoms. The first-order chi connectivity index (χ1) is 17.0. The molecule has 0 aliphatic heterocycles. The summed E-state index contributed by atoms with van der Waals surface area (Å²) in [6.45, 7) is 2.81. The minimum absolute atomic E-state index is 0.0648. The van der Waals surface area contributed by atoms with Crippen LogP contribution in [0.15, 0.2) is 35.3 Å². The van der Waals surface area contributed by atoms with Gasteiger partial charge >= 0.3 is 5.97 Å². The number of nitrogens with one attached hydrogen (secondary N) is 3. The number of aliphatic carboxylic acids is 1. The zero-order chi connectivity index (χ0) is 27.3. The summed E-state index contributed by atoms with van der Waals surface area (Å²) in [5.41, 5.74) is 17.3. The molecule has 0 saturated carbocycles. The zero-order valence-corrected chi connectivity index (χ0v) is 20.5. The van der Waals surface area contributed by atoms with Crippen molar-refractivity contribution in [2.75, 3.05) is 13.2 Å². The Labute approximate surface area is 209 Å². The van der Waals surface area contributed by atoms with Crippen LogP contribution in [0.4, 0.5) is 0 Å². The third-order valence-corrected chi connectivity index (χ3v) is 5.26. The van der Waals surface area contributed by atoms with Crippen molar-refractivity contribution in [3.63, 3.8) is 0 Å². The second-order valence-electron chi connectivity index (χ2n) is 8.62. The smallest absolute Gasteiger partial charge is 0.328 e. The quantitative estimate of drug-likeness (QED) is 0.0729. The molecule has 1 aromatic carbocycles. The molecule has 13 nitrogen and oxygen atoms in total. The molecule has 4 atom stereocenters. The number of carbonyl (C=O) groups excluding carboxylic acids is 3. The van der Waals surface area contributed by atoms with Gasteiger partial charge in [-0.1, -0.05) is 44.2 Å². The number of hydrogen-bond donors (Lipinski definition) is 8. The van der Waals surface area contributed by atoms with Gasteiger partial charge in [-0.15, -0.1) is 0 Å². The fourth-order valence-electron chi connectivity index (χ4n) is 3.22. The molecule has 0 bridgehead atoms. The van der Waals surface area contributed by atoms with Crippen LogP contribution >= 0.6 is 0 Å². The Balaban J connectivity index is 2.98. The molecular formula is C23H37N7O6. The molecule has 0 aliphatic rings. The molecule has 11 N–H and O–H groups in total. The number of nitrogens with zero attached hydrogens (tertiary/aromatic N) is 1. The van der Waals surface area contributed by atoms with E-state index < -0.39 is 60.4 Å². The van der Waals surface area contributed by atoms with E-state index >= 15 is 0 Å². The summed E-state index contributed by atoms with van der Waals surface area (Å²) in [6, 6.07) is 4.32. The highest BCUT2D eigenvalue weighted by atomic mass is 16.4. The van der Waals surface area contributed by atoms with E-state index in [1.165, 1.54) is 0 Å². The Morgan fingerprint density at radius 3 is 2.08 bits per heavy atom. The van der Waals surface area contributed by atoms with Gasteiger partial charge < -0.3 is 43.4 Å². The van der Waals surface area contributed by atoms with Crippen molar-refractivity contribution in [2.24, 2.45) is 28.1 Å². The molecule has 13 heteroatoms. The lowest BCUT2D eigenvalue weighted by Crippen LogP contribution is -2.59. The summed E-state index contributed by atoms with van der Waals surface area (Å²) >= 11 is 0. The number of carbonyl (C=O) groups is 4. The van der Waals surface area contributed by atoms with Crippen molar-refractivity contribution in [1.82, 2.24) is 16.0 Å². The number of rotatable bonds is 15. The van der Waals surface area contributed by atoms with E-state index in [2.05, 4.69) is 20.9 Å². The van der Waals surface area contributed by atoms with Gasteiger partial charge in [0.25, 0.3) is 0 Å². The van der Waals surface area contributed by atoms with Crippen LogP contribution in [-0.4, -0.2) is 77.2 Å². The average Bonchev–Trinajstić information content (AvgIpc) is 2.82. The lowest BCUT2D eigenvalue weighted by molar-refractivity contribution is -0.143. The van der Waals surface area contributed by atoms with Crippen LogP contribution < -0.4 is 33.2 Å². The lowest BCUT2D eigenvalue weighted by Gasteiger charge is -2.27. The standard InChI is InChI=1S/C23H37N7O6/c1-13(2)18(21(34)29-17(12-31)22(35)36)30-20(33)16(11-14-7-4-3-5-8-14)28-19(32)15(24)9-6-10-27-23(25)26/h3-5,7-8,13,15-18,31H,6,9-12,24H2,1-2H3,(H,28,32)(H,29,34)(H,30,33)(H,35,36)(H4,25,26,27). The topological polar surface area (TPSA) is 235 Å². The highest BCUT2D eigenvalue weighted by molar-refractivity contribution is 5.94. The summed E-state index contributed by atoms with van der Waals surface area (Å²) < 4.78 is 0. The molecule has 0 heterocycles. The molecule has 4 unspecified atom stereocenters. The fourth-order valence-corrected chi connectivity index (χ4v) is 3.22. The Morgan fingerprint density at radius 1 is 0.944 bits per heavy atom. The zero-order valence-electron chi connectivity index (χ0n) is 20.5. The highest BCUT2D eigenvalue weighted by Crippen LogP contribution is 2.08. The van der Waals surface area contributed by atoms with E-state index in [1.807, 2.05) is 6.07 Å². The largest absolute Gasteiger partial charge is 0.480 e. The van der Waals surface area contributed by atoms with E-state index in [9.17, 15) is 24.3 Å². The van der Waals surface area contributed by atoms with Crippen LogP contribution in [0.2, 0.25) is 0 Å². The molecule has 0 aromatic heterocycles. The van der Waals surface area contributed by atoms with Crippen LogP contribution in [0, 0.1) is 5.92 Å². The Hall–Kier alpha value is -3.71. The van der Waals surface area contributed by atoms with Crippen molar-refractivity contribution in [3.8, 4) is 0 Å². The van der Waals surface area contributed by atoms with Gasteiger partial charge in [0.05, 0.1) is 12.6 Å². The van der Waals surface area contributed by atoms with Gasteiger partial charge in [0.1, 0.15) is 18.1 Å². The number of carboxylic acid groups (broad SMARTS) is 1. The van der Waals surface area contributed by atoms with Gasteiger partial charge in [0, 0.05) is 13.0 Å². The predicted octanol–water partition coefficient (Wildman–Crippen LogP) is -2.20. The first kappa shape index (κ1) is 30.3. The summed E-state index contributed by atoms with van der Waals surface area (Å²) in [6.07, 6.45) is 0.851. The molecule has 1 aromatic rings. The number of aliphatic imine (C=N–C) groups is 1. The van der Waals surface area contributed by atoms with Crippen LogP contribution in [-0.2, 0) is 25.6 Å². The second-order valence-corrected chi connectivity index (χ2v) is 8.62. The molecule has 0 saturated heterocycles. The van der Waals surface area contributed by atoms with Gasteiger partial charge in [-0.05, 0) is 24.3 Å². The van der Waals surface area contributed by atoms with Crippen LogP contribution in [0.1, 0.15) is 32.3 Å². The lowest BCUT2D eigenvalue weighted by atomic mass is 10.00. The van der Waals surface area contributed by atoms with E-state index in [-0.39, 0.29) is 18.8 Å². The molecule has 0 aliphatic carbocycles. The number of aliphatic hydroxyl groups excluding tert-OH is 1. The Kier molecular flexibility index (Phi) is 12.9. The summed E-state index contributed by atoms with van der Waals surface area (Å²) in [7, 11) is 0. The van der Waals surface area contributed by atoms with Crippen LogP contribution in [0.3, 0.4) is 0 Å². The van der Waals surface area contributed by atoms with Crippen LogP contribution in [0.5, 0.6) is 0 Å². The first-order valence-electron chi connectivity index (χ1n) is 11.6. The number of amides is 3. The fraction of sp³-hybridized carbons (Fsp3) is 0.522. The third-order valence-electron chi connectivity index (χ3n) is 5.26. The highest BCUT2D eigenvalue weighted by Gasteiger charge is 2.31. The number of nitrogens with two attached hydrogens (primary N) is 3. The molecule has 0 fully saturated rings. The van der Waals surface area contributed by atoms with E-state index in [0.717, 1.165) is 5.56 Å². The van der Waals surface area contributed by atoms with Crippen molar-refractivity contribution >= 4 is 29.7 Å². The summed E-state index contributed by atoms with van der Waals surface area (Å²) in [5.74, 6) is -3.89. The second kappa shape index (κ2) is 15.3. The predicted molar refractivity (Wildman–Crippen MR) is 133 cm³/mol. The number of hydrogen-bond acceptors (Lipinski definition) is 7. The molecule has 200 valence electrons. The van der Waals surface area contributed by atoms with Gasteiger partial charge in [-0.3, -0.25) is 19.4 Å². The van der Waals surface area contributed by atoms with Crippen molar-refractivity contribution in [2.45, 2.75) is 57.3 Å². The van der Waals surface area contributed by atoms with E-state index in [1.54, 1.807) is 38.1 Å². The number of carboxylic acids is 1. The summed E-state index contributed by atoms with van der Waals surface area (Å²) in [4.78, 5) is 53.6. The molecule has 1 rings (SSSR count). The summed E-state index contributed by atoms with van der Waals surface area (Å²) in [5, 5.41) is 25.7. The minimum atomic E-state index is -1.52. The monoisotopic (exact) mass is 507 g/mol. The third kappa shape index (κ3) is 10.7. The Bertz CT molecular complexity index is 905. The first-order valence-corrected chi connectivity index (χ1v) is 11.6. The minimum Gasteiger partial charge on any atom is -0.480 e. The normalized spacial score (nSPS) is 14.1. The number of guanidine groups is 1. The maximum absolute atomic E-state index is 13.2. The van der Waals surface area contributed by atoms with Crippen molar-refractivity contribution in [3.05, 3.63) is 35.9 Å².